The fourth-order valence-corrected chi connectivity index (χ4v) is 0.914. The first kappa shape index (κ1) is 7.54. The van der Waals surface area contributed by atoms with Crippen molar-refractivity contribution in [3.8, 4) is 0 Å². The van der Waals surface area contributed by atoms with E-state index in [0.29, 0.717) is 0 Å². The summed E-state index contributed by atoms with van der Waals surface area (Å²) >= 11 is 0. The normalized spacial score (nSPS) is 15.7. The first-order valence-corrected chi connectivity index (χ1v) is 3.88. The average molecular weight is 166 g/mol. The molecule has 0 atom stereocenters. The summed E-state index contributed by atoms with van der Waals surface area (Å²) in [6.07, 6.45) is 11.0. The second-order valence-corrected chi connectivity index (χ2v) is 2.43. The number of nitrogens with zero attached hydrogens (tertiary/aromatic N) is 2. The Hall–Kier alpha value is -2.10. The number of rotatable bonds is 2. The highest BCUT2D eigenvalue weighted by molar-refractivity contribution is 5.50. The third-order valence-electron chi connectivity index (χ3n) is 1.50. The van der Waals surface area contributed by atoms with Crippen LogP contribution < -0.4 is 0 Å². The summed E-state index contributed by atoms with van der Waals surface area (Å²) in [5.74, 6) is 0. The van der Waals surface area contributed by atoms with Crippen molar-refractivity contribution in [1.82, 2.24) is 0 Å². The summed E-state index contributed by atoms with van der Waals surface area (Å²) in [6.45, 7) is 0. The molecule has 2 aliphatic rings. The molecule has 0 unspecified atom stereocenters. The lowest BCUT2D eigenvalue weighted by atomic mass is 10.5. The van der Waals surface area contributed by atoms with Gasteiger partial charge in [0, 0.05) is 0 Å². The minimum absolute atomic E-state index is 0.746. The van der Waals surface area contributed by atoms with Crippen molar-refractivity contribution in [1.29, 1.82) is 0 Å². The van der Waals surface area contributed by atoms with E-state index in [4.69, 9.17) is 0 Å². The second-order valence-electron chi connectivity index (χ2n) is 2.43. The van der Waals surface area contributed by atoms with Crippen LogP contribution in [0.2, 0.25) is 0 Å². The minimum atomic E-state index is 0.746. The van der Waals surface area contributed by atoms with Gasteiger partial charge in [-0.15, -0.1) is 0 Å². The standard InChI is InChI=1S/C11H6N2/c1-2-6-10(5-1)12-9-13-11-7-3-4-8-11/h1-5,7H. The maximum Gasteiger partial charge on any atom is 0.117 e. The Labute approximate surface area is 76.0 Å². The second kappa shape index (κ2) is 3.53. The van der Waals surface area contributed by atoms with Crippen LogP contribution in [0.3, 0.4) is 0 Å². The van der Waals surface area contributed by atoms with Gasteiger partial charge in [0.25, 0.3) is 0 Å². The zero-order chi connectivity index (χ0) is 8.93. The van der Waals surface area contributed by atoms with Crippen molar-refractivity contribution >= 4 is 6.01 Å². The van der Waals surface area contributed by atoms with Crippen molar-refractivity contribution in [3.05, 3.63) is 59.3 Å². The van der Waals surface area contributed by atoms with E-state index in [1.165, 1.54) is 0 Å². The van der Waals surface area contributed by atoms with Crippen molar-refractivity contribution in [2.24, 2.45) is 9.98 Å². The summed E-state index contributed by atoms with van der Waals surface area (Å²) in [6, 6.07) is 2.58. The van der Waals surface area contributed by atoms with Crippen LogP contribution in [0.15, 0.2) is 69.3 Å². The quantitative estimate of drug-likeness (QED) is 0.444. The molecule has 0 amide bonds. The largest absolute Gasteiger partial charge is 0.179 e. The molecule has 0 fully saturated rings. The zero-order valence-electron chi connectivity index (χ0n) is 6.86. The van der Waals surface area contributed by atoms with Gasteiger partial charge in [0.05, 0.1) is 0 Å². The molecule has 0 aromatic rings. The zero-order valence-corrected chi connectivity index (χ0v) is 6.86. The Morgan fingerprint density at radius 2 is 1.46 bits per heavy atom. The van der Waals surface area contributed by atoms with Crippen LogP contribution in [0.4, 0.5) is 0 Å². The van der Waals surface area contributed by atoms with E-state index in [9.17, 15) is 0 Å². The van der Waals surface area contributed by atoms with E-state index < -0.39 is 0 Å². The summed E-state index contributed by atoms with van der Waals surface area (Å²) < 4.78 is 0. The molecule has 13 heavy (non-hydrogen) atoms. The molecule has 2 nitrogen and oxygen atoms in total. The number of aliphatic imine (C=N–C) groups is 2. The number of allylic oxidation sites excluding steroid dienone is 4. The van der Waals surface area contributed by atoms with Crippen LogP contribution in [-0.4, -0.2) is 6.01 Å². The van der Waals surface area contributed by atoms with Crippen LogP contribution in [-0.2, 0) is 0 Å². The third-order valence-corrected chi connectivity index (χ3v) is 1.50. The monoisotopic (exact) mass is 166 g/mol. The maximum atomic E-state index is 3.95. The van der Waals surface area contributed by atoms with E-state index >= 15 is 0 Å². The molecule has 0 heterocycles. The van der Waals surface area contributed by atoms with Crippen LogP contribution in [0.25, 0.3) is 0 Å². The minimum Gasteiger partial charge on any atom is -0.179 e. The van der Waals surface area contributed by atoms with E-state index in [1.54, 1.807) is 12.2 Å². The number of hydrogen-bond donors (Lipinski definition) is 0. The smallest absolute Gasteiger partial charge is 0.117 e. The van der Waals surface area contributed by atoms with E-state index in [0.717, 1.165) is 11.4 Å². The predicted molar refractivity (Wildman–Crippen MR) is 51.3 cm³/mol. The molecule has 2 heteroatoms. The topological polar surface area (TPSA) is 24.7 Å². The van der Waals surface area contributed by atoms with Gasteiger partial charge in [0.1, 0.15) is 17.4 Å². The highest BCUT2D eigenvalue weighted by Gasteiger charge is 1.88. The SMILES string of the molecule is C(=NC1=C=CC=C1)=NC1=C=CC=C1. The number of hydrogen-bond acceptors (Lipinski definition) is 2. The van der Waals surface area contributed by atoms with Gasteiger partial charge in [-0.05, 0) is 24.3 Å². The van der Waals surface area contributed by atoms with Crippen LogP contribution in [0, 0.1) is 0 Å². The summed E-state index contributed by atoms with van der Waals surface area (Å²) in [7, 11) is 0. The van der Waals surface area contributed by atoms with Gasteiger partial charge in [0.15, 0.2) is 0 Å². The van der Waals surface area contributed by atoms with Gasteiger partial charge in [-0.2, -0.15) is 9.98 Å². The molecule has 0 aromatic carbocycles. The summed E-state index contributed by atoms with van der Waals surface area (Å²) in [4.78, 5) is 7.90. The van der Waals surface area contributed by atoms with E-state index in [1.807, 2.05) is 24.3 Å². The third kappa shape index (κ3) is 1.93. The van der Waals surface area contributed by atoms with Gasteiger partial charge in [0.2, 0.25) is 0 Å². The molecule has 0 bridgehead atoms. The van der Waals surface area contributed by atoms with Crippen molar-refractivity contribution in [2.75, 3.05) is 0 Å². The first-order valence-electron chi connectivity index (χ1n) is 3.88. The summed E-state index contributed by atoms with van der Waals surface area (Å²) in [5, 5.41) is 0. The lowest BCUT2D eigenvalue weighted by Crippen LogP contribution is -1.66. The molecule has 0 saturated heterocycles. The van der Waals surface area contributed by atoms with Crippen molar-refractivity contribution in [2.45, 2.75) is 0 Å². The van der Waals surface area contributed by atoms with Gasteiger partial charge < -0.3 is 0 Å². The molecule has 0 spiro atoms. The van der Waals surface area contributed by atoms with Gasteiger partial charge >= 0.3 is 0 Å². The van der Waals surface area contributed by atoms with Crippen LogP contribution in [0.5, 0.6) is 0 Å². The molecule has 2 rings (SSSR count). The van der Waals surface area contributed by atoms with E-state index in [-0.39, 0.29) is 0 Å². The Morgan fingerprint density at radius 3 is 1.85 bits per heavy atom. The van der Waals surface area contributed by atoms with E-state index in [2.05, 4.69) is 27.5 Å². The average Bonchev–Trinajstić information content (AvgIpc) is 2.75. The fourth-order valence-electron chi connectivity index (χ4n) is 0.914. The molecule has 0 aliphatic heterocycles. The lowest BCUT2D eigenvalue weighted by molar-refractivity contribution is 1.40. The highest BCUT2D eigenvalue weighted by Crippen LogP contribution is 2.03. The van der Waals surface area contributed by atoms with Gasteiger partial charge in [-0.3, -0.25) is 0 Å². The molecule has 0 aromatic heterocycles. The van der Waals surface area contributed by atoms with Gasteiger partial charge in [-0.25, -0.2) is 0 Å². The molecule has 0 N–H and O–H groups in total. The first-order chi connectivity index (χ1) is 6.45. The molecule has 60 valence electrons. The molecule has 0 saturated carbocycles. The predicted octanol–water partition coefficient (Wildman–Crippen LogP) is 2.38. The van der Waals surface area contributed by atoms with Crippen LogP contribution >= 0.6 is 0 Å². The Kier molecular flexibility index (Phi) is 2.05. The highest BCUT2D eigenvalue weighted by atomic mass is 14.8. The van der Waals surface area contributed by atoms with Gasteiger partial charge in [-0.1, -0.05) is 23.6 Å². The fraction of sp³-hybridized carbons (Fsp3) is 0. The van der Waals surface area contributed by atoms with Crippen molar-refractivity contribution < 1.29 is 0 Å². The Bertz CT molecular complexity index is 426. The molecular formula is C11H6N2. The Morgan fingerprint density at radius 1 is 0.923 bits per heavy atom. The summed E-state index contributed by atoms with van der Waals surface area (Å²) in [5.41, 5.74) is 7.33. The Balaban J connectivity index is 2.13. The molecule has 2 aliphatic carbocycles. The lowest BCUT2D eigenvalue weighted by Gasteiger charge is -1.79. The van der Waals surface area contributed by atoms with Crippen molar-refractivity contribution in [3.63, 3.8) is 0 Å². The molecule has 0 radical (unpaired) electrons. The van der Waals surface area contributed by atoms with Crippen LogP contribution in [0.1, 0.15) is 0 Å². The maximum absolute atomic E-state index is 3.95. The molecular weight excluding hydrogens is 160 g/mol.